The van der Waals surface area contributed by atoms with Crippen molar-refractivity contribution in [3.8, 4) is 5.75 Å². The first-order valence-electron chi connectivity index (χ1n) is 6.31. The molecule has 1 N–H and O–H groups in total. The Morgan fingerprint density at radius 2 is 2.20 bits per heavy atom. The Labute approximate surface area is 135 Å². The van der Waals surface area contributed by atoms with E-state index in [-0.39, 0.29) is 0 Å². The van der Waals surface area contributed by atoms with E-state index in [1.807, 2.05) is 18.6 Å². The monoisotopic (exact) mass is 401 g/mol. The Hall–Kier alpha value is -0.850. The summed E-state index contributed by atoms with van der Waals surface area (Å²) in [7, 11) is 1.69. The maximum absolute atomic E-state index is 5.45. The molecule has 108 valence electrons. The molecule has 0 aliphatic heterocycles. The minimum absolute atomic E-state index is 0.340. The Morgan fingerprint density at radius 1 is 1.40 bits per heavy atom. The molecular formula is C14H17Br2N3O. The Morgan fingerprint density at radius 3 is 2.85 bits per heavy atom. The van der Waals surface area contributed by atoms with E-state index in [9.17, 15) is 0 Å². The van der Waals surface area contributed by atoms with Crippen LogP contribution >= 0.6 is 31.9 Å². The minimum atomic E-state index is 0.340. The van der Waals surface area contributed by atoms with Crippen molar-refractivity contribution in [1.29, 1.82) is 0 Å². The van der Waals surface area contributed by atoms with Gasteiger partial charge in [0.1, 0.15) is 5.75 Å². The molecule has 4 nitrogen and oxygen atoms in total. The zero-order valence-corrected chi connectivity index (χ0v) is 14.6. The van der Waals surface area contributed by atoms with Gasteiger partial charge < -0.3 is 14.6 Å². The molecule has 1 unspecified atom stereocenters. The van der Waals surface area contributed by atoms with Crippen LogP contribution in [0.2, 0.25) is 0 Å². The number of aromatic nitrogens is 2. The molecule has 20 heavy (non-hydrogen) atoms. The Kier molecular flexibility index (Phi) is 5.63. The number of halogens is 2. The molecule has 1 atom stereocenters. The smallest absolute Gasteiger partial charge is 0.137 e. The predicted molar refractivity (Wildman–Crippen MR) is 86.9 cm³/mol. The normalized spacial score (nSPS) is 12.4. The Balaban J connectivity index is 1.99. The molecule has 2 rings (SSSR count). The number of nitrogens with one attached hydrogen (secondary N) is 1. The lowest BCUT2D eigenvalue weighted by Crippen LogP contribution is -2.29. The van der Waals surface area contributed by atoms with E-state index in [0.29, 0.717) is 6.04 Å². The van der Waals surface area contributed by atoms with E-state index < -0.39 is 0 Å². The fourth-order valence-electron chi connectivity index (χ4n) is 2.03. The standard InChI is InChI=1S/C14H17Br2N3O/c1-10(8-19-4-3-17-9-19)18-7-11-5-12(15)6-13(16)14(11)20-2/h3-6,9-10,18H,7-8H2,1-2H3. The third-order valence-corrected chi connectivity index (χ3v) is 4.02. The number of methoxy groups -OCH3 is 1. The van der Waals surface area contributed by atoms with Gasteiger partial charge in [0, 0.05) is 41.6 Å². The number of ether oxygens (including phenoxy) is 1. The van der Waals surface area contributed by atoms with Gasteiger partial charge in [-0.2, -0.15) is 0 Å². The van der Waals surface area contributed by atoms with Crippen LogP contribution in [0, 0.1) is 0 Å². The highest BCUT2D eigenvalue weighted by molar-refractivity contribution is 9.11. The van der Waals surface area contributed by atoms with Crippen LogP contribution in [0.25, 0.3) is 0 Å². The van der Waals surface area contributed by atoms with Gasteiger partial charge in [-0.05, 0) is 35.0 Å². The number of hydrogen-bond donors (Lipinski definition) is 1. The second kappa shape index (κ2) is 7.24. The molecule has 1 aromatic heterocycles. The van der Waals surface area contributed by atoms with Gasteiger partial charge in [-0.15, -0.1) is 0 Å². The van der Waals surface area contributed by atoms with Gasteiger partial charge in [0.05, 0.1) is 17.9 Å². The topological polar surface area (TPSA) is 39.1 Å². The van der Waals surface area contributed by atoms with E-state index in [2.05, 4.69) is 59.7 Å². The van der Waals surface area contributed by atoms with Gasteiger partial charge in [-0.1, -0.05) is 15.9 Å². The maximum atomic E-state index is 5.45. The van der Waals surface area contributed by atoms with Crippen LogP contribution in [-0.4, -0.2) is 22.7 Å². The van der Waals surface area contributed by atoms with Gasteiger partial charge in [0.25, 0.3) is 0 Å². The summed E-state index contributed by atoms with van der Waals surface area (Å²) >= 11 is 7.02. The van der Waals surface area contributed by atoms with Gasteiger partial charge in [-0.3, -0.25) is 0 Å². The van der Waals surface area contributed by atoms with Crippen LogP contribution in [0.3, 0.4) is 0 Å². The van der Waals surface area contributed by atoms with Crippen molar-refractivity contribution in [3.05, 3.63) is 45.4 Å². The van der Waals surface area contributed by atoms with E-state index in [1.165, 1.54) is 0 Å². The third kappa shape index (κ3) is 4.07. The SMILES string of the molecule is COc1c(Br)cc(Br)cc1CNC(C)Cn1ccnc1. The molecule has 0 bridgehead atoms. The van der Waals surface area contributed by atoms with Crippen molar-refractivity contribution < 1.29 is 4.74 Å². The fourth-order valence-corrected chi connectivity index (χ4v) is 3.51. The molecule has 0 aliphatic carbocycles. The largest absolute Gasteiger partial charge is 0.495 e. The van der Waals surface area contributed by atoms with E-state index >= 15 is 0 Å². The highest BCUT2D eigenvalue weighted by Gasteiger charge is 2.10. The van der Waals surface area contributed by atoms with Crippen molar-refractivity contribution in [2.45, 2.75) is 26.1 Å². The molecule has 6 heteroatoms. The van der Waals surface area contributed by atoms with E-state index in [0.717, 1.165) is 33.3 Å². The summed E-state index contributed by atoms with van der Waals surface area (Å²) in [6.07, 6.45) is 5.59. The lowest BCUT2D eigenvalue weighted by Gasteiger charge is -2.17. The molecule has 0 fully saturated rings. The van der Waals surface area contributed by atoms with E-state index in [1.54, 1.807) is 13.3 Å². The summed E-state index contributed by atoms with van der Waals surface area (Å²) in [4.78, 5) is 4.05. The predicted octanol–water partition coefficient (Wildman–Crippen LogP) is 3.60. The quantitative estimate of drug-likeness (QED) is 0.802. The van der Waals surface area contributed by atoms with Gasteiger partial charge in [0.15, 0.2) is 0 Å². The highest BCUT2D eigenvalue weighted by Crippen LogP contribution is 2.32. The third-order valence-electron chi connectivity index (χ3n) is 2.97. The zero-order valence-electron chi connectivity index (χ0n) is 11.4. The van der Waals surface area contributed by atoms with Crippen LogP contribution in [0.5, 0.6) is 5.75 Å². The van der Waals surface area contributed by atoms with Crippen LogP contribution in [0.1, 0.15) is 12.5 Å². The second-order valence-electron chi connectivity index (χ2n) is 4.62. The highest BCUT2D eigenvalue weighted by atomic mass is 79.9. The first-order valence-corrected chi connectivity index (χ1v) is 7.89. The molecule has 0 radical (unpaired) electrons. The molecule has 1 heterocycles. The lowest BCUT2D eigenvalue weighted by molar-refractivity contribution is 0.400. The minimum Gasteiger partial charge on any atom is -0.495 e. The number of rotatable bonds is 6. The van der Waals surface area contributed by atoms with Crippen LogP contribution in [-0.2, 0) is 13.1 Å². The molecule has 2 aromatic rings. The average Bonchev–Trinajstić information content (AvgIpc) is 2.88. The summed E-state index contributed by atoms with van der Waals surface area (Å²) in [5.74, 6) is 0.871. The summed E-state index contributed by atoms with van der Waals surface area (Å²) in [5, 5.41) is 3.50. The fraction of sp³-hybridized carbons (Fsp3) is 0.357. The molecule has 0 saturated heterocycles. The number of hydrogen-bond acceptors (Lipinski definition) is 3. The van der Waals surface area contributed by atoms with Crippen molar-refractivity contribution in [2.24, 2.45) is 0 Å². The summed E-state index contributed by atoms with van der Waals surface area (Å²) in [5.41, 5.74) is 1.12. The molecule has 0 spiro atoms. The first-order chi connectivity index (χ1) is 9.60. The summed E-state index contributed by atoms with van der Waals surface area (Å²) in [6, 6.07) is 4.39. The van der Waals surface area contributed by atoms with Crippen molar-refractivity contribution in [2.75, 3.05) is 7.11 Å². The zero-order chi connectivity index (χ0) is 14.5. The molecule has 0 aliphatic rings. The summed E-state index contributed by atoms with van der Waals surface area (Å²) < 4.78 is 9.49. The van der Waals surface area contributed by atoms with Gasteiger partial charge >= 0.3 is 0 Å². The average molecular weight is 403 g/mol. The number of benzene rings is 1. The van der Waals surface area contributed by atoms with Crippen molar-refractivity contribution in [1.82, 2.24) is 14.9 Å². The molecule has 0 amide bonds. The molecule has 0 saturated carbocycles. The van der Waals surface area contributed by atoms with Crippen LogP contribution in [0.15, 0.2) is 39.8 Å². The maximum Gasteiger partial charge on any atom is 0.137 e. The number of imidazole rings is 1. The van der Waals surface area contributed by atoms with E-state index in [4.69, 9.17) is 4.74 Å². The molecular weight excluding hydrogens is 386 g/mol. The first kappa shape index (κ1) is 15.5. The molecule has 1 aromatic carbocycles. The summed E-state index contributed by atoms with van der Waals surface area (Å²) in [6.45, 7) is 3.79. The van der Waals surface area contributed by atoms with Gasteiger partial charge in [-0.25, -0.2) is 4.98 Å². The van der Waals surface area contributed by atoms with Crippen molar-refractivity contribution >= 4 is 31.9 Å². The lowest BCUT2D eigenvalue weighted by atomic mass is 10.2. The second-order valence-corrected chi connectivity index (χ2v) is 6.39. The van der Waals surface area contributed by atoms with Crippen LogP contribution in [0.4, 0.5) is 0 Å². The van der Waals surface area contributed by atoms with Gasteiger partial charge in [0.2, 0.25) is 0 Å². The van der Waals surface area contributed by atoms with Crippen molar-refractivity contribution in [3.63, 3.8) is 0 Å². The van der Waals surface area contributed by atoms with Crippen LogP contribution < -0.4 is 10.1 Å². The number of nitrogens with zero attached hydrogens (tertiary/aromatic N) is 2. The Bertz CT molecular complexity index is 558.